The van der Waals surface area contributed by atoms with Crippen LogP contribution in [0.15, 0.2) is 66.7 Å². The molecule has 2 aromatic carbocycles. The molecule has 2 aromatic rings. The van der Waals surface area contributed by atoms with Crippen molar-refractivity contribution in [3.05, 3.63) is 77.9 Å². The summed E-state index contributed by atoms with van der Waals surface area (Å²) in [6, 6.07) is 19.3. The highest BCUT2D eigenvalue weighted by Crippen LogP contribution is 2.16. The van der Waals surface area contributed by atoms with Gasteiger partial charge in [-0.3, -0.25) is 0 Å². The Kier molecular flexibility index (Phi) is 6.02. The molecule has 0 heterocycles. The van der Waals surface area contributed by atoms with Crippen molar-refractivity contribution in [3.63, 3.8) is 0 Å². The van der Waals surface area contributed by atoms with Gasteiger partial charge in [0.25, 0.3) is 0 Å². The van der Waals surface area contributed by atoms with E-state index in [1.807, 2.05) is 66.7 Å². The highest BCUT2D eigenvalue weighted by molar-refractivity contribution is 6.16. The Labute approximate surface area is 131 Å². The maximum Gasteiger partial charge on any atom is 0.338 e. The zero-order valence-corrected chi connectivity index (χ0v) is 12.6. The minimum absolute atomic E-state index is 0.310. The second-order valence-corrected chi connectivity index (χ2v) is 4.58. The van der Waals surface area contributed by atoms with Crippen molar-refractivity contribution < 1.29 is 9.53 Å². The van der Waals surface area contributed by atoms with Crippen LogP contribution >= 0.6 is 0 Å². The van der Waals surface area contributed by atoms with E-state index in [9.17, 15) is 4.79 Å². The second kappa shape index (κ2) is 8.49. The van der Waals surface area contributed by atoms with Gasteiger partial charge in [-0.1, -0.05) is 66.4 Å². The normalized spacial score (nSPS) is 10.5. The zero-order valence-electron chi connectivity index (χ0n) is 12.6. The number of carbonyl (C=O) groups is 1. The highest BCUT2D eigenvalue weighted by Gasteiger charge is 2.11. The monoisotopic (exact) mass is 290 g/mol. The summed E-state index contributed by atoms with van der Waals surface area (Å²) in [6.45, 7) is 2.16. The van der Waals surface area contributed by atoms with Gasteiger partial charge < -0.3 is 4.74 Å². The number of carbonyl (C=O) groups excluding carboxylic acids is 1. The first kappa shape index (κ1) is 15.6. The maximum absolute atomic E-state index is 12.1. The fraction of sp³-hybridized carbons (Fsp3) is 0.150. The molecule has 2 nitrogen and oxygen atoms in total. The molecule has 0 aliphatic heterocycles. The SMILES string of the molecule is CCOC(=O)/C(=C/CC#Cc1ccccc1)c1ccccc1. The highest BCUT2D eigenvalue weighted by atomic mass is 16.5. The third kappa shape index (κ3) is 4.64. The molecule has 0 radical (unpaired) electrons. The molecule has 2 heteroatoms. The van der Waals surface area contributed by atoms with Gasteiger partial charge in [0.05, 0.1) is 12.2 Å². The molecule has 0 aliphatic rings. The number of rotatable bonds is 4. The summed E-state index contributed by atoms with van der Waals surface area (Å²) in [7, 11) is 0. The number of esters is 1. The van der Waals surface area contributed by atoms with E-state index >= 15 is 0 Å². The molecule has 0 fully saturated rings. The lowest BCUT2D eigenvalue weighted by atomic mass is 10.0. The van der Waals surface area contributed by atoms with Crippen molar-refractivity contribution in [1.29, 1.82) is 0 Å². The summed E-state index contributed by atoms with van der Waals surface area (Å²) in [5.74, 6) is 5.83. The summed E-state index contributed by atoms with van der Waals surface area (Å²) in [5, 5.41) is 0. The maximum atomic E-state index is 12.1. The van der Waals surface area contributed by atoms with Crippen molar-refractivity contribution in [1.82, 2.24) is 0 Å². The van der Waals surface area contributed by atoms with Crippen LogP contribution in [0.2, 0.25) is 0 Å². The summed E-state index contributed by atoms with van der Waals surface area (Å²) in [6.07, 6.45) is 2.32. The van der Waals surface area contributed by atoms with Crippen molar-refractivity contribution in [2.75, 3.05) is 6.61 Å². The molecule has 0 saturated carbocycles. The Bertz CT molecular complexity index is 689. The van der Waals surface area contributed by atoms with E-state index in [0.717, 1.165) is 11.1 Å². The van der Waals surface area contributed by atoms with E-state index in [2.05, 4.69) is 11.8 Å². The molecule has 0 atom stereocenters. The molecule has 2 rings (SSSR count). The average Bonchev–Trinajstić information content (AvgIpc) is 2.57. The van der Waals surface area contributed by atoms with E-state index in [1.165, 1.54) is 0 Å². The van der Waals surface area contributed by atoms with E-state index < -0.39 is 0 Å². The van der Waals surface area contributed by atoms with Gasteiger partial charge in [0.1, 0.15) is 0 Å². The van der Waals surface area contributed by atoms with Gasteiger partial charge in [-0.2, -0.15) is 0 Å². The zero-order chi connectivity index (χ0) is 15.6. The topological polar surface area (TPSA) is 26.3 Å². The minimum Gasteiger partial charge on any atom is -0.462 e. The number of hydrogen-bond donors (Lipinski definition) is 0. The molecule has 0 unspecified atom stereocenters. The lowest BCUT2D eigenvalue weighted by Crippen LogP contribution is -2.06. The third-order valence-corrected chi connectivity index (χ3v) is 2.99. The molecule has 22 heavy (non-hydrogen) atoms. The molecular weight excluding hydrogens is 272 g/mol. The molecular formula is C20H18O2. The number of allylic oxidation sites excluding steroid dienone is 1. The van der Waals surface area contributed by atoms with Crippen molar-refractivity contribution in [3.8, 4) is 11.8 Å². The van der Waals surface area contributed by atoms with Crippen LogP contribution in [0.25, 0.3) is 5.57 Å². The summed E-state index contributed by atoms with van der Waals surface area (Å²) in [5.41, 5.74) is 2.38. The van der Waals surface area contributed by atoms with Gasteiger partial charge >= 0.3 is 5.97 Å². The smallest absolute Gasteiger partial charge is 0.338 e. The van der Waals surface area contributed by atoms with Gasteiger partial charge in [0.2, 0.25) is 0 Å². The second-order valence-electron chi connectivity index (χ2n) is 4.58. The Balaban J connectivity index is 2.15. The lowest BCUT2D eigenvalue weighted by Gasteiger charge is -2.06. The number of benzene rings is 2. The van der Waals surface area contributed by atoms with Crippen LogP contribution in [-0.2, 0) is 9.53 Å². The summed E-state index contributed by atoms with van der Waals surface area (Å²) < 4.78 is 5.12. The quantitative estimate of drug-likeness (QED) is 0.482. The lowest BCUT2D eigenvalue weighted by molar-refractivity contribution is -0.136. The largest absolute Gasteiger partial charge is 0.462 e. The molecule has 0 saturated heterocycles. The van der Waals surface area contributed by atoms with Crippen LogP contribution < -0.4 is 0 Å². The van der Waals surface area contributed by atoms with Crippen LogP contribution in [0.4, 0.5) is 0 Å². The first-order chi connectivity index (χ1) is 10.8. The van der Waals surface area contributed by atoms with Gasteiger partial charge in [0.15, 0.2) is 0 Å². The average molecular weight is 290 g/mol. The molecule has 0 aliphatic carbocycles. The van der Waals surface area contributed by atoms with Gasteiger partial charge in [-0.05, 0) is 24.6 Å². The van der Waals surface area contributed by atoms with Crippen LogP contribution in [0, 0.1) is 11.8 Å². The molecule has 0 bridgehead atoms. The predicted octanol–water partition coefficient (Wildman–Crippen LogP) is 4.07. The van der Waals surface area contributed by atoms with Gasteiger partial charge in [-0.15, -0.1) is 0 Å². The van der Waals surface area contributed by atoms with Gasteiger partial charge in [-0.25, -0.2) is 4.79 Å². The van der Waals surface area contributed by atoms with Crippen LogP contribution in [0.5, 0.6) is 0 Å². The molecule has 0 amide bonds. The van der Waals surface area contributed by atoms with Crippen molar-refractivity contribution in [2.45, 2.75) is 13.3 Å². The van der Waals surface area contributed by atoms with E-state index in [0.29, 0.717) is 18.6 Å². The third-order valence-electron chi connectivity index (χ3n) is 2.99. The van der Waals surface area contributed by atoms with E-state index in [4.69, 9.17) is 4.74 Å². The molecule has 0 aromatic heterocycles. The van der Waals surface area contributed by atoms with Crippen LogP contribution in [0.3, 0.4) is 0 Å². The summed E-state index contributed by atoms with van der Waals surface area (Å²) >= 11 is 0. The Morgan fingerprint density at radius 3 is 2.32 bits per heavy atom. The fourth-order valence-electron chi connectivity index (χ4n) is 1.97. The first-order valence-electron chi connectivity index (χ1n) is 7.28. The minimum atomic E-state index is -0.310. The first-order valence-corrected chi connectivity index (χ1v) is 7.28. The van der Waals surface area contributed by atoms with Crippen LogP contribution in [-0.4, -0.2) is 12.6 Å². The van der Waals surface area contributed by atoms with Crippen molar-refractivity contribution >= 4 is 11.5 Å². The van der Waals surface area contributed by atoms with Crippen LogP contribution in [0.1, 0.15) is 24.5 Å². The van der Waals surface area contributed by atoms with E-state index in [-0.39, 0.29) is 5.97 Å². The van der Waals surface area contributed by atoms with Crippen molar-refractivity contribution in [2.24, 2.45) is 0 Å². The molecule has 0 N–H and O–H groups in total. The fourth-order valence-corrected chi connectivity index (χ4v) is 1.97. The number of hydrogen-bond acceptors (Lipinski definition) is 2. The van der Waals surface area contributed by atoms with E-state index in [1.54, 1.807) is 6.92 Å². The number of ether oxygens (including phenoxy) is 1. The summed E-state index contributed by atoms with van der Waals surface area (Å²) in [4.78, 5) is 12.1. The Morgan fingerprint density at radius 2 is 1.68 bits per heavy atom. The molecule has 0 spiro atoms. The Hall–Kier alpha value is -2.79. The van der Waals surface area contributed by atoms with Gasteiger partial charge in [0, 0.05) is 12.0 Å². The standard InChI is InChI=1S/C20H18O2/c1-2-22-20(21)19(18-14-7-4-8-15-18)16-10-9-13-17-11-5-3-6-12-17/h3-8,11-12,14-16H,2,10H2,1H3/b19-16+. The predicted molar refractivity (Wildman–Crippen MR) is 89.0 cm³/mol. The molecule has 110 valence electrons. The Morgan fingerprint density at radius 1 is 1.05 bits per heavy atom.